The molecule has 0 fully saturated rings. The molecular formula is C15H24N2O4S. The fourth-order valence-electron chi connectivity index (χ4n) is 1.99. The molecule has 0 aliphatic rings. The van der Waals surface area contributed by atoms with E-state index in [0.29, 0.717) is 12.4 Å². The molecule has 6 nitrogen and oxygen atoms in total. The van der Waals surface area contributed by atoms with Gasteiger partial charge < -0.3 is 10.3 Å². The van der Waals surface area contributed by atoms with E-state index in [1.807, 2.05) is 0 Å². The van der Waals surface area contributed by atoms with Crippen LogP contribution in [0.5, 0.6) is 5.75 Å². The standard InChI is InChI=1S/C14H22O4S.CH2N2/c1-4-5-6-7-8-18-14-11(2)9-13(10-12(14)3)19(15,16)17;1-3-2/h9-10H,4-8H2,1-3H3,(H,15,16,17);1H2. The normalized spacial score (nSPS) is 10.4. The number of unbranched alkanes of at least 4 members (excludes halogenated alkanes) is 3. The van der Waals surface area contributed by atoms with E-state index in [2.05, 4.69) is 18.4 Å². The Morgan fingerprint density at radius 1 is 1.23 bits per heavy atom. The summed E-state index contributed by atoms with van der Waals surface area (Å²) in [5, 5.41) is 0. The molecule has 7 heteroatoms. The number of hydrogen-bond donors (Lipinski definition) is 1. The van der Waals surface area contributed by atoms with Gasteiger partial charge in [0.15, 0.2) is 0 Å². The number of rotatable bonds is 7. The SMILES string of the molecule is C=[N+]=[N-].CCCCCCOc1c(C)cc(S(=O)(=O)O)cc1C. The number of nitrogens with zero attached hydrogens (tertiary/aromatic N) is 2. The summed E-state index contributed by atoms with van der Waals surface area (Å²) in [6, 6.07) is 2.87. The molecule has 1 N–H and O–H groups in total. The highest BCUT2D eigenvalue weighted by Gasteiger charge is 2.14. The predicted octanol–water partition coefficient (Wildman–Crippen LogP) is 3.43. The van der Waals surface area contributed by atoms with Gasteiger partial charge >= 0.3 is 0 Å². The van der Waals surface area contributed by atoms with Crippen LogP contribution < -0.4 is 4.74 Å². The van der Waals surface area contributed by atoms with Crippen LogP contribution >= 0.6 is 0 Å². The fraction of sp³-hybridized carbons (Fsp3) is 0.533. The first-order valence-electron chi connectivity index (χ1n) is 7.09. The van der Waals surface area contributed by atoms with Crippen LogP contribution in [-0.4, -0.2) is 31.1 Å². The van der Waals surface area contributed by atoms with Crippen molar-refractivity contribution in [2.45, 2.75) is 51.3 Å². The average molecular weight is 328 g/mol. The van der Waals surface area contributed by atoms with Crippen LogP contribution in [0.4, 0.5) is 0 Å². The van der Waals surface area contributed by atoms with Crippen molar-refractivity contribution in [3.8, 4) is 5.75 Å². The quantitative estimate of drug-likeness (QED) is 0.272. The fourth-order valence-corrected chi connectivity index (χ4v) is 2.64. The summed E-state index contributed by atoms with van der Waals surface area (Å²) in [6.45, 7) is 9.02. The van der Waals surface area contributed by atoms with Crippen LogP contribution in [0.3, 0.4) is 0 Å². The van der Waals surface area contributed by atoms with Crippen LogP contribution in [0.15, 0.2) is 17.0 Å². The Labute approximate surface area is 132 Å². The second kappa shape index (κ2) is 10.1. The van der Waals surface area contributed by atoms with E-state index in [9.17, 15) is 8.42 Å². The lowest BCUT2D eigenvalue weighted by Gasteiger charge is -2.13. The average Bonchev–Trinajstić information content (AvgIpc) is 2.40. The summed E-state index contributed by atoms with van der Waals surface area (Å²) in [7, 11) is -4.15. The lowest BCUT2D eigenvalue weighted by atomic mass is 10.1. The van der Waals surface area contributed by atoms with Gasteiger partial charge in [0, 0.05) is 0 Å². The molecule has 1 aromatic carbocycles. The Balaban J connectivity index is 0.00000135. The van der Waals surface area contributed by atoms with E-state index in [1.54, 1.807) is 13.8 Å². The molecule has 0 radical (unpaired) electrons. The van der Waals surface area contributed by atoms with Crippen LogP contribution in [0.1, 0.15) is 43.7 Å². The number of hydrogen-bond acceptors (Lipinski definition) is 3. The Hall–Kier alpha value is -1.69. The Bertz CT molecular complexity index is 583. The Kier molecular flexibility index (Phi) is 9.33. The van der Waals surface area contributed by atoms with E-state index in [4.69, 9.17) is 14.8 Å². The predicted molar refractivity (Wildman–Crippen MR) is 86.1 cm³/mol. The van der Waals surface area contributed by atoms with E-state index in [1.165, 1.54) is 25.0 Å². The summed E-state index contributed by atoms with van der Waals surface area (Å²) in [5.41, 5.74) is 8.53. The van der Waals surface area contributed by atoms with Gasteiger partial charge in [-0.15, -0.1) is 0 Å². The summed E-state index contributed by atoms with van der Waals surface area (Å²) in [4.78, 5) is 2.17. The van der Waals surface area contributed by atoms with Gasteiger partial charge in [0.2, 0.25) is 6.72 Å². The summed E-state index contributed by atoms with van der Waals surface area (Å²) in [6.07, 6.45) is 4.51. The maximum Gasteiger partial charge on any atom is 0.294 e. The third-order valence-electron chi connectivity index (χ3n) is 2.98. The molecular weight excluding hydrogens is 304 g/mol. The number of aryl methyl sites for hydroxylation is 2. The van der Waals surface area contributed by atoms with Crippen LogP contribution in [0.25, 0.3) is 5.53 Å². The van der Waals surface area contributed by atoms with Gasteiger partial charge in [-0.25, -0.2) is 0 Å². The molecule has 0 aromatic heterocycles. The van der Waals surface area contributed by atoms with E-state index in [-0.39, 0.29) is 4.90 Å². The highest BCUT2D eigenvalue weighted by Crippen LogP contribution is 2.27. The number of ether oxygens (including phenoxy) is 1. The summed E-state index contributed by atoms with van der Waals surface area (Å²) in [5.74, 6) is 0.712. The molecule has 0 spiro atoms. The molecule has 22 heavy (non-hydrogen) atoms. The highest BCUT2D eigenvalue weighted by atomic mass is 32.2. The molecule has 0 bridgehead atoms. The van der Waals surface area contributed by atoms with Crippen LogP contribution in [0, 0.1) is 13.8 Å². The van der Waals surface area contributed by atoms with Gasteiger partial charge in [-0.1, -0.05) is 26.2 Å². The van der Waals surface area contributed by atoms with Crippen molar-refractivity contribution in [2.24, 2.45) is 0 Å². The first-order chi connectivity index (χ1) is 10.3. The zero-order valence-corrected chi connectivity index (χ0v) is 14.2. The van der Waals surface area contributed by atoms with E-state index >= 15 is 0 Å². The van der Waals surface area contributed by atoms with Gasteiger partial charge in [-0.05, 0) is 43.5 Å². The minimum absolute atomic E-state index is 0.0826. The van der Waals surface area contributed by atoms with Crippen molar-refractivity contribution in [1.29, 1.82) is 0 Å². The monoisotopic (exact) mass is 328 g/mol. The third kappa shape index (κ3) is 7.36. The van der Waals surface area contributed by atoms with Crippen molar-refractivity contribution in [2.75, 3.05) is 6.61 Å². The Morgan fingerprint density at radius 2 is 1.73 bits per heavy atom. The molecule has 0 unspecified atom stereocenters. The molecule has 0 saturated carbocycles. The van der Waals surface area contributed by atoms with E-state index in [0.717, 1.165) is 24.0 Å². The van der Waals surface area contributed by atoms with E-state index < -0.39 is 10.1 Å². The van der Waals surface area contributed by atoms with Crippen LogP contribution in [0.2, 0.25) is 0 Å². The zero-order valence-electron chi connectivity index (χ0n) is 13.4. The van der Waals surface area contributed by atoms with Crippen molar-refractivity contribution >= 4 is 16.8 Å². The second-order valence-electron chi connectivity index (χ2n) is 4.91. The van der Waals surface area contributed by atoms with Crippen LogP contribution in [-0.2, 0) is 10.1 Å². The molecule has 1 aromatic rings. The van der Waals surface area contributed by atoms with Crippen molar-refractivity contribution in [1.82, 2.24) is 0 Å². The molecule has 124 valence electrons. The van der Waals surface area contributed by atoms with Crippen molar-refractivity contribution < 1.29 is 22.5 Å². The van der Waals surface area contributed by atoms with Crippen molar-refractivity contribution in [3.63, 3.8) is 0 Å². The minimum atomic E-state index is -4.15. The second-order valence-corrected chi connectivity index (χ2v) is 6.33. The Morgan fingerprint density at radius 3 is 2.14 bits per heavy atom. The van der Waals surface area contributed by atoms with Gasteiger partial charge in [0.1, 0.15) is 5.75 Å². The molecule has 0 aliphatic carbocycles. The molecule has 0 heterocycles. The lowest BCUT2D eigenvalue weighted by molar-refractivity contribution is 0.0110. The van der Waals surface area contributed by atoms with Gasteiger partial charge in [0.05, 0.1) is 11.5 Å². The van der Waals surface area contributed by atoms with Gasteiger partial charge in [-0.3, -0.25) is 4.55 Å². The first-order valence-corrected chi connectivity index (χ1v) is 8.53. The molecule has 1 rings (SSSR count). The largest absolute Gasteiger partial charge is 0.493 e. The smallest absolute Gasteiger partial charge is 0.294 e. The third-order valence-corrected chi connectivity index (χ3v) is 3.81. The maximum atomic E-state index is 11.1. The molecule has 0 saturated heterocycles. The van der Waals surface area contributed by atoms with Crippen molar-refractivity contribution in [3.05, 3.63) is 28.8 Å². The zero-order chi connectivity index (χ0) is 17.2. The number of benzene rings is 1. The molecule has 0 aliphatic heterocycles. The molecule has 0 amide bonds. The van der Waals surface area contributed by atoms with Gasteiger partial charge in [0.25, 0.3) is 10.1 Å². The summed E-state index contributed by atoms with van der Waals surface area (Å²) >= 11 is 0. The summed E-state index contributed by atoms with van der Waals surface area (Å²) < 4.78 is 36.9. The first kappa shape index (κ1) is 20.3. The maximum absolute atomic E-state index is 11.1. The van der Waals surface area contributed by atoms with Gasteiger partial charge in [-0.2, -0.15) is 13.2 Å². The topological polar surface area (TPSA) is 100 Å². The molecule has 0 atom stereocenters. The lowest BCUT2D eigenvalue weighted by Crippen LogP contribution is -2.04. The minimum Gasteiger partial charge on any atom is -0.493 e. The highest BCUT2D eigenvalue weighted by molar-refractivity contribution is 7.85.